The Morgan fingerprint density at radius 1 is 1.33 bits per heavy atom. The molecule has 2 rings (SSSR count). The Morgan fingerprint density at radius 2 is 2.04 bits per heavy atom. The Bertz CT molecular complexity index is 661. The van der Waals surface area contributed by atoms with Gasteiger partial charge in [0.1, 0.15) is 11.6 Å². The van der Waals surface area contributed by atoms with Gasteiger partial charge in [0.2, 0.25) is 5.91 Å². The standard InChI is InChI=1S/C16H17ClN2O4S/c1-2-23-12-5-3-11(4-6-12)9-13-15(21)19(16(22)24-13)8-7-18-14(20)10-17/h3-6,9H,2,7-8,10H2,1H3,(H,18,20)/b13-9+. The molecule has 0 bridgehead atoms. The number of thioether (sulfide) groups is 1. The van der Waals surface area contributed by atoms with Gasteiger partial charge < -0.3 is 10.1 Å². The predicted octanol–water partition coefficient (Wildman–Crippen LogP) is 2.48. The van der Waals surface area contributed by atoms with Crippen LogP contribution in [0.1, 0.15) is 12.5 Å². The van der Waals surface area contributed by atoms with E-state index in [0.29, 0.717) is 11.5 Å². The van der Waals surface area contributed by atoms with Crippen LogP contribution >= 0.6 is 23.4 Å². The van der Waals surface area contributed by atoms with Crippen LogP contribution in [0.4, 0.5) is 4.79 Å². The summed E-state index contributed by atoms with van der Waals surface area (Å²) in [5, 5.41) is 2.17. The van der Waals surface area contributed by atoms with Crippen molar-refractivity contribution in [3.8, 4) is 5.75 Å². The van der Waals surface area contributed by atoms with E-state index in [1.165, 1.54) is 0 Å². The average Bonchev–Trinajstić information content (AvgIpc) is 2.84. The van der Waals surface area contributed by atoms with Crippen LogP contribution in [0.2, 0.25) is 0 Å². The quantitative estimate of drug-likeness (QED) is 0.591. The molecule has 128 valence electrons. The maximum atomic E-state index is 12.3. The van der Waals surface area contributed by atoms with Gasteiger partial charge in [-0.3, -0.25) is 19.3 Å². The Balaban J connectivity index is 2.00. The summed E-state index contributed by atoms with van der Waals surface area (Å²) in [4.78, 5) is 36.8. The van der Waals surface area contributed by atoms with E-state index in [0.717, 1.165) is 28.0 Å². The molecular weight excluding hydrogens is 352 g/mol. The first-order chi connectivity index (χ1) is 11.5. The molecule has 1 saturated heterocycles. The molecule has 1 aromatic carbocycles. The number of halogens is 1. The average molecular weight is 369 g/mol. The number of imide groups is 1. The minimum atomic E-state index is -0.362. The second kappa shape index (κ2) is 8.75. The Labute approximate surface area is 149 Å². The van der Waals surface area contributed by atoms with E-state index in [1.54, 1.807) is 18.2 Å². The number of benzene rings is 1. The molecule has 0 saturated carbocycles. The molecule has 3 amide bonds. The third-order valence-electron chi connectivity index (χ3n) is 3.14. The van der Waals surface area contributed by atoms with E-state index in [9.17, 15) is 14.4 Å². The number of amides is 3. The van der Waals surface area contributed by atoms with E-state index in [2.05, 4.69) is 5.32 Å². The lowest BCUT2D eigenvalue weighted by molar-refractivity contribution is -0.123. The summed E-state index contributed by atoms with van der Waals surface area (Å²) in [5.41, 5.74) is 0.805. The highest BCUT2D eigenvalue weighted by Crippen LogP contribution is 2.32. The molecule has 0 atom stereocenters. The van der Waals surface area contributed by atoms with Crippen molar-refractivity contribution < 1.29 is 19.1 Å². The van der Waals surface area contributed by atoms with Crippen molar-refractivity contribution in [2.24, 2.45) is 0 Å². The predicted molar refractivity (Wildman–Crippen MR) is 94.0 cm³/mol. The lowest BCUT2D eigenvalue weighted by Gasteiger charge is -2.12. The van der Waals surface area contributed by atoms with Crippen LogP contribution in [-0.2, 0) is 9.59 Å². The number of ether oxygens (including phenoxy) is 1. The van der Waals surface area contributed by atoms with Crippen molar-refractivity contribution in [3.05, 3.63) is 34.7 Å². The third kappa shape index (κ3) is 4.75. The number of hydrogen-bond donors (Lipinski definition) is 1. The van der Waals surface area contributed by atoms with Crippen molar-refractivity contribution in [1.29, 1.82) is 0 Å². The Hall–Kier alpha value is -1.99. The van der Waals surface area contributed by atoms with E-state index in [1.807, 2.05) is 19.1 Å². The number of nitrogens with one attached hydrogen (secondary N) is 1. The number of rotatable bonds is 7. The summed E-state index contributed by atoms with van der Waals surface area (Å²) >= 11 is 6.25. The smallest absolute Gasteiger partial charge is 0.293 e. The normalized spacial score (nSPS) is 15.9. The number of hydrogen-bond acceptors (Lipinski definition) is 5. The van der Waals surface area contributed by atoms with Gasteiger partial charge in [-0.05, 0) is 42.5 Å². The molecule has 8 heteroatoms. The summed E-state index contributed by atoms with van der Waals surface area (Å²) in [6, 6.07) is 7.25. The molecule has 0 unspecified atom stereocenters. The van der Waals surface area contributed by atoms with Gasteiger partial charge in [-0.1, -0.05) is 12.1 Å². The zero-order chi connectivity index (χ0) is 17.5. The molecule has 24 heavy (non-hydrogen) atoms. The van der Waals surface area contributed by atoms with E-state index >= 15 is 0 Å². The SMILES string of the molecule is CCOc1ccc(/C=C2/SC(=O)N(CCNC(=O)CCl)C2=O)cc1. The second-order valence-corrected chi connectivity index (χ2v) is 6.08. The lowest BCUT2D eigenvalue weighted by Crippen LogP contribution is -2.37. The minimum Gasteiger partial charge on any atom is -0.494 e. The molecule has 1 N–H and O–H groups in total. The van der Waals surface area contributed by atoms with Crippen molar-refractivity contribution in [2.45, 2.75) is 6.92 Å². The van der Waals surface area contributed by atoms with Crippen LogP contribution in [0.25, 0.3) is 6.08 Å². The zero-order valence-corrected chi connectivity index (χ0v) is 14.7. The minimum absolute atomic E-state index is 0.119. The first kappa shape index (κ1) is 18.4. The van der Waals surface area contributed by atoms with Gasteiger partial charge >= 0.3 is 0 Å². The molecule has 1 aliphatic rings. The molecule has 6 nitrogen and oxygen atoms in total. The van der Waals surface area contributed by atoms with Gasteiger partial charge in [0.25, 0.3) is 11.1 Å². The molecular formula is C16H17ClN2O4S. The fourth-order valence-corrected chi connectivity index (χ4v) is 2.98. The fourth-order valence-electron chi connectivity index (χ4n) is 2.03. The van der Waals surface area contributed by atoms with Crippen LogP contribution in [0.15, 0.2) is 29.2 Å². The van der Waals surface area contributed by atoms with Crippen LogP contribution < -0.4 is 10.1 Å². The van der Waals surface area contributed by atoms with Crippen molar-refractivity contribution in [3.63, 3.8) is 0 Å². The largest absolute Gasteiger partial charge is 0.494 e. The number of nitrogens with zero attached hydrogens (tertiary/aromatic N) is 1. The number of carbonyl (C=O) groups is 3. The maximum Gasteiger partial charge on any atom is 0.293 e. The van der Waals surface area contributed by atoms with E-state index in [-0.39, 0.29) is 36.0 Å². The van der Waals surface area contributed by atoms with Crippen LogP contribution in [0, 0.1) is 0 Å². The van der Waals surface area contributed by atoms with E-state index < -0.39 is 0 Å². The van der Waals surface area contributed by atoms with Crippen LogP contribution in [0.3, 0.4) is 0 Å². The molecule has 0 spiro atoms. The highest BCUT2D eigenvalue weighted by molar-refractivity contribution is 8.18. The summed E-state index contributed by atoms with van der Waals surface area (Å²) in [7, 11) is 0. The molecule has 1 aromatic rings. The highest BCUT2D eigenvalue weighted by Gasteiger charge is 2.34. The topological polar surface area (TPSA) is 75.7 Å². The van der Waals surface area contributed by atoms with E-state index in [4.69, 9.17) is 16.3 Å². The molecule has 1 fully saturated rings. The van der Waals surface area contributed by atoms with Gasteiger partial charge in [0.05, 0.1) is 11.5 Å². The molecule has 0 aromatic heterocycles. The second-order valence-electron chi connectivity index (χ2n) is 4.82. The van der Waals surface area contributed by atoms with Gasteiger partial charge in [-0.15, -0.1) is 11.6 Å². The highest BCUT2D eigenvalue weighted by atomic mass is 35.5. The van der Waals surface area contributed by atoms with Gasteiger partial charge in [0.15, 0.2) is 0 Å². The van der Waals surface area contributed by atoms with Crippen molar-refractivity contribution in [1.82, 2.24) is 10.2 Å². The maximum absolute atomic E-state index is 12.3. The summed E-state index contributed by atoms with van der Waals surface area (Å²) in [6.07, 6.45) is 1.66. The molecule has 0 aliphatic carbocycles. The third-order valence-corrected chi connectivity index (χ3v) is 4.29. The fraction of sp³-hybridized carbons (Fsp3) is 0.312. The van der Waals surface area contributed by atoms with Gasteiger partial charge in [-0.25, -0.2) is 0 Å². The zero-order valence-electron chi connectivity index (χ0n) is 13.1. The van der Waals surface area contributed by atoms with Crippen LogP contribution in [0.5, 0.6) is 5.75 Å². The van der Waals surface area contributed by atoms with Crippen LogP contribution in [-0.4, -0.2) is 47.5 Å². The van der Waals surface area contributed by atoms with Crippen molar-refractivity contribution in [2.75, 3.05) is 25.6 Å². The Morgan fingerprint density at radius 3 is 2.67 bits per heavy atom. The number of alkyl halides is 1. The summed E-state index contributed by atoms with van der Waals surface area (Å²) < 4.78 is 5.36. The van der Waals surface area contributed by atoms with Crippen molar-refractivity contribution >= 4 is 46.5 Å². The molecule has 1 aliphatic heterocycles. The Kier molecular flexibility index (Phi) is 6.69. The first-order valence-corrected chi connectivity index (χ1v) is 8.71. The summed E-state index contributed by atoms with van der Waals surface area (Å²) in [5.74, 6) is -0.107. The molecule has 1 heterocycles. The lowest BCUT2D eigenvalue weighted by atomic mass is 10.2. The van der Waals surface area contributed by atoms with Gasteiger partial charge in [0, 0.05) is 13.1 Å². The first-order valence-electron chi connectivity index (χ1n) is 7.36. The molecule has 0 radical (unpaired) electrons. The van der Waals surface area contributed by atoms with Gasteiger partial charge in [-0.2, -0.15) is 0 Å². The number of carbonyl (C=O) groups excluding carboxylic acids is 3. The summed E-state index contributed by atoms with van der Waals surface area (Å²) in [6.45, 7) is 2.78. The monoisotopic (exact) mass is 368 g/mol.